The molecule has 0 aromatic carbocycles. The molecule has 0 unspecified atom stereocenters. The highest BCUT2D eigenvalue weighted by Gasteiger charge is 2.71. The van der Waals surface area contributed by atoms with Crippen molar-refractivity contribution in [3.8, 4) is 0 Å². The van der Waals surface area contributed by atoms with Gasteiger partial charge in [-0.2, -0.15) is 0 Å². The van der Waals surface area contributed by atoms with Gasteiger partial charge in [-0.3, -0.25) is 4.79 Å². The van der Waals surface area contributed by atoms with E-state index in [0.717, 1.165) is 19.3 Å². The fourth-order valence-corrected chi connectivity index (χ4v) is 20.7. The van der Waals surface area contributed by atoms with Crippen molar-refractivity contribution in [1.29, 1.82) is 0 Å². The number of carbonyl (C=O) groups is 1. The molecule has 0 amide bonds. The number of hydrogen-bond acceptors (Lipinski definition) is 34. The average molecular weight is 1530 g/mol. The van der Waals surface area contributed by atoms with Crippen molar-refractivity contribution in [2.24, 2.45) is 56.2 Å². The molecular weight excluding hydrogens is 1410 g/mol. The minimum Gasteiger partial charge on any atom is -0.432 e. The maximum Gasteiger partial charge on any atom is 0.315 e. The Hall–Kier alpha value is -2.07. The summed E-state index contributed by atoms with van der Waals surface area (Å²) in [6.07, 6.45) is -45.3. The first kappa shape index (κ1) is 83.4. The summed E-state index contributed by atoms with van der Waals surface area (Å²) in [5.41, 5.74) is -1.64. The fourth-order valence-electron chi connectivity index (χ4n) is 20.7. The van der Waals surface area contributed by atoms with Gasteiger partial charge in [0.1, 0.15) is 140 Å². The zero-order valence-corrected chi connectivity index (χ0v) is 61.7. The Bertz CT molecular complexity index is 3000. The van der Waals surface area contributed by atoms with Crippen molar-refractivity contribution in [2.45, 2.75) is 342 Å². The van der Waals surface area contributed by atoms with Crippen molar-refractivity contribution in [2.75, 3.05) is 33.0 Å². The van der Waals surface area contributed by atoms with E-state index in [0.29, 0.717) is 44.9 Å². The van der Waals surface area contributed by atoms with Crippen LogP contribution in [0.3, 0.4) is 0 Å². The molecule has 4 saturated carbocycles. The lowest BCUT2D eigenvalue weighted by atomic mass is 9.33. The van der Waals surface area contributed by atoms with E-state index in [2.05, 4.69) is 54.5 Å². The van der Waals surface area contributed by atoms with Gasteiger partial charge in [0.05, 0.1) is 62.9 Å². The molecule has 12 aliphatic rings. The van der Waals surface area contributed by atoms with Gasteiger partial charge in [-0.25, -0.2) is 0 Å². The Morgan fingerprint density at radius 1 is 0.453 bits per heavy atom. The summed E-state index contributed by atoms with van der Waals surface area (Å²) in [6.45, 7) is 16.9. The topological polar surface area (TPSA) is 531 Å². The van der Waals surface area contributed by atoms with Crippen molar-refractivity contribution in [3.05, 3.63) is 11.6 Å². The Morgan fingerprint density at radius 3 is 1.64 bits per heavy atom. The van der Waals surface area contributed by atoms with E-state index < -0.39 is 263 Å². The number of allylic oxidation sites excluding steroid dienone is 2. The van der Waals surface area contributed by atoms with E-state index in [1.807, 2.05) is 0 Å². The molecule has 0 aromatic rings. The zero-order valence-electron chi connectivity index (χ0n) is 61.7. The van der Waals surface area contributed by atoms with Crippen LogP contribution in [0.15, 0.2) is 11.6 Å². The third-order valence-electron chi connectivity index (χ3n) is 27.6. The van der Waals surface area contributed by atoms with Crippen molar-refractivity contribution < 1.29 is 168 Å². The second kappa shape index (κ2) is 31.6. The van der Waals surface area contributed by atoms with E-state index in [9.17, 15) is 97.0 Å². The molecule has 7 heterocycles. The summed E-state index contributed by atoms with van der Waals surface area (Å²) in [5.74, 6) is -1.60. The van der Waals surface area contributed by atoms with E-state index in [-0.39, 0.29) is 40.6 Å². The Morgan fingerprint density at radius 2 is 0.981 bits per heavy atom. The Balaban J connectivity index is 0.706. The van der Waals surface area contributed by atoms with Crippen LogP contribution in [-0.2, 0) is 71.1 Å². The molecule has 610 valence electrons. The summed E-state index contributed by atoms with van der Waals surface area (Å²) in [5, 5.41) is 208. The molecule has 34 heteroatoms. The largest absolute Gasteiger partial charge is 0.432 e. The van der Waals surface area contributed by atoms with Crippen LogP contribution in [0.5, 0.6) is 0 Å². The molecular formula is C72H118O34. The van der Waals surface area contributed by atoms with E-state index in [4.69, 9.17) is 66.3 Å². The van der Waals surface area contributed by atoms with Crippen molar-refractivity contribution in [3.63, 3.8) is 0 Å². The molecule has 11 fully saturated rings. The molecule has 0 radical (unpaired) electrons. The number of rotatable bonds is 18. The molecule has 106 heavy (non-hydrogen) atoms. The van der Waals surface area contributed by atoms with Crippen LogP contribution in [-0.4, -0.2) is 345 Å². The van der Waals surface area contributed by atoms with Crippen LogP contribution < -0.4 is 0 Å². The van der Waals surface area contributed by atoms with Crippen LogP contribution in [0.2, 0.25) is 0 Å². The normalized spacial score (nSPS) is 54.6. The van der Waals surface area contributed by atoms with Gasteiger partial charge >= 0.3 is 5.97 Å². The third kappa shape index (κ3) is 14.6. The van der Waals surface area contributed by atoms with Crippen LogP contribution >= 0.6 is 0 Å². The Labute approximate surface area is 615 Å². The van der Waals surface area contributed by atoms with Gasteiger partial charge in [-0.1, -0.05) is 67.0 Å². The maximum atomic E-state index is 15.4. The first-order chi connectivity index (χ1) is 49.7. The highest BCUT2D eigenvalue weighted by atomic mass is 16.8. The number of aliphatic hydroxyl groups is 19. The number of esters is 1. The summed E-state index contributed by atoms with van der Waals surface area (Å²) in [6, 6.07) is 0. The highest BCUT2D eigenvalue weighted by molar-refractivity contribution is 5.79. The van der Waals surface area contributed by atoms with E-state index in [1.54, 1.807) is 6.92 Å². The van der Waals surface area contributed by atoms with Gasteiger partial charge in [-0.15, -0.1) is 0 Å². The van der Waals surface area contributed by atoms with Gasteiger partial charge in [0.15, 0.2) is 37.7 Å². The maximum absolute atomic E-state index is 15.4. The third-order valence-corrected chi connectivity index (χ3v) is 27.6. The van der Waals surface area contributed by atoms with Gasteiger partial charge in [0.25, 0.3) is 0 Å². The second-order valence-corrected chi connectivity index (χ2v) is 34.6. The summed E-state index contributed by atoms with van der Waals surface area (Å²) in [4.78, 5) is 15.4. The molecule has 19 N–H and O–H groups in total. The number of fused-ring (bicyclic) bond motifs is 7. The lowest BCUT2D eigenvalue weighted by molar-refractivity contribution is -0.387. The van der Waals surface area contributed by atoms with Gasteiger partial charge < -0.3 is 163 Å². The highest BCUT2D eigenvalue weighted by Crippen LogP contribution is 2.76. The first-order valence-electron chi connectivity index (χ1n) is 37.8. The van der Waals surface area contributed by atoms with Crippen molar-refractivity contribution in [1.82, 2.24) is 0 Å². The molecule has 5 aliphatic carbocycles. The van der Waals surface area contributed by atoms with Crippen molar-refractivity contribution >= 4 is 5.97 Å². The first-order valence-corrected chi connectivity index (χ1v) is 37.8. The quantitative estimate of drug-likeness (QED) is 0.0349. The minimum atomic E-state index is -2.00. The molecule has 0 aromatic heterocycles. The van der Waals surface area contributed by atoms with Gasteiger partial charge in [-0.05, 0) is 123 Å². The predicted octanol–water partition coefficient (Wildman–Crippen LogP) is -4.59. The zero-order chi connectivity index (χ0) is 77.3. The van der Waals surface area contributed by atoms with Crippen LogP contribution in [0.25, 0.3) is 0 Å². The van der Waals surface area contributed by atoms with Crippen LogP contribution in [0.4, 0.5) is 0 Å². The lowest BCUT2D eigenvalue weighted by Crippen LogP contribution is -2.66. The monoisotopic (exact) mass is 1530 g/mol. The minimum absolute atomic E-state index is 0.0858. The predicted molar refractivity (Wildman–Crippen MR) is 355 cm³/mol. The molecule has 42 atom stereocenters. The molecule has 0 bridgehead atoms. The Kier molecular flexibility index (Phi) is 24.9. The number of aliphatic hydroxyl groups excluding tert-OH is 19. The SMILES string of the molecule is C[C@H]1[C@H](O)[C@@H](CO)O[C@@H](O[C@H]2[C@H](O[C@@H]3CC[C@]4(C)[C@H]5CC=C6[C@@H]7CC(C)(C)CC[C@]7(C(=O)O[C@@H]7O[C@H](CO[C@@H]8O[C@H](CO)[C@@H](O[C@@H]9O[C@@H](C)[C@H](O)[C@@H](O[C@H]%10O[C@H](CO)[C@@H](O)[C@H](O)[C@H]%10O)[C@H]9O)[C@H](O)[C@H]8O)[C@@H](O)[C@H](O)[C@H]7O)CC[C@@]6(C)[C@]5(C)CC[C@H]4C3(C)C)OC[C@H](O)[C@@H]2O)[C@@H]1O[C@@H]1O[C@@H](C)[C@H](O)[C@@H](O)[C@H]1O. The number of hydrogen-bond donors (Lipinski definition) is 19. The summed E-state index contributed by atoms with van der Waals surface area (Å²) >= 11 is 0. The van der Waals surface area contributed by atoms with Crippen LogP contribution in [0.1, 0.15) is 133 Å². The van der Waals surface area contributed by atoms with Gasteiger partial charge in [0, 0.05) is 5.92 Å². The van der Waals surface area contributed by atoms with E-state index in [1.165, 1.54) is 19.4 Å². The van der Waals surface area contributed by atoms with Crippen LogP contribution in [0, 0.1) is 56.2 Å². The van der Waals surface area contributed by atoms with Gasteiger partial charge in [0.2, 0.25) is 6.29 Å². The number of carbonyl (C=O) groups excluding carboxylic acids is 1. The number of ether oxygens (including phenoxy) is 14. The smallest absolute Gasteiger partial charge is 0.315 e. The summed E-state index contributed by atoms with van der Waals surface area (Å²) in [7, 11) is 0. The molecule has 7 saturated heterocycles. The summed E-state index contributed by atoms with van der Waals surface area (Å²) < 4.78 is 84.6. The molecule has 7 aliphatic heterocycles. The fraction of sp³-hybridized carbons (Fsp3) is 0.958. The molecule has 34 nitrogen and oxygen atoms in total. The molecule has 12 rings (SSSR count). The molecule has 0 spiro atoms. The van der Waals surface area contributed by atoms with E-state index >= 15 is 4.79 Å². The second-order valence-electron chi connectivity index (χ2n) is 34.6. The standard InChI is InChI=1S/C72H118O34/c1-27-40(77)33(22-73)98-65(55(27)102-60-50(87)46(83)41(78)28(2)95-60)105-58-43(80)32(76)25-93-64(58)101-39-14-15-69(8)37(68(39,6)7)13-16-71(10)38(69)12-11-30-31-21-67(4,5)17-19-72(31,20-18-70(30,71)9)66(92)106-62-52(89)48(85)45(82)36(100-62)26-94-59-53(90)49(86)56(35(24-75)99-59)103-63-54(91)57(42(79)29(3)96-63)104-61-51(88)47(84)44(81)34(23-74)97-61/h11,27-29,31-65,73-91H,12-26H2,1-10H3/t27-,28-,29-,31-,32-,33+,34+,35+,36+,37-,38+,39+,40-,41-,42-,43-,44+,45+,46+,47-,48-,49+,50+,51+,52+,53+,54+,55+,56+,57+,58+,59+,60-,61+,62-,63-,64-,65-,69-,70+,71+,72-/m0/s1. The lowest BCUT2D eigenvalue weighted by Gasteiger charge is -2.71. The average Bonchev–Trinajstić information content (AvgIpc) is 0.674.